The van der Waals surface area contributed by atoms with E-state index in [4.69, 9.17) is 9.47 Å². The van der Waals surface area contributed by atoms with Crippen LogP contribution in [0.15, 0.2) is 60.7 Å². The lowest BCUT2D eigenvalue weighted by molar-refractivity contribution is -0.0653. The first-order valence-electron chi connectivity index (χ1n) is 13.2. The number of carbonyl (C=O) groups is 2. The molecule has 0 radical (unpaired) electrons. The number of rotatable bonds is 13. The molecule has 0 amide bonds. The zero-order valence-corrected chi connectivity index (χ0v) is 22.7. The molecule has 1 atom stereocenters. The summed E-state index contributed by atoms with van der Waals surface area (Å²) in [7, 11) is 0. The molecule has 10 heteroatoms. The third-order valence-corrected chi connectivity index (χ3v) is 7.10. The van der Waals surface area contributed by atoms with Crippen molar-refractivity contribution in [2.45, 2.75) is 64.6 Å². The minimum Gasteiger partial charge on any atom is -0.453 e. The molecular weight excluding hydrogens is 496 g/mol. The van der Waals surface area contributed by atoms with Crippen LogP contribution in [0.5, 0.6) is 0 Å². The van der Waals surface area contributed by atoms with Gasteiger partial charge in [-0.15, -0.1) is 0 Å². The molecule has 0 aliphatic heterocycles. The van der Waals surface area contributed by atoms with Gasteiger partial charge in [-0.2, -0.15) is 10.2 Å². The molecule has 0 aliphatic rings. The van der Waals surface area contributed by atoms with E-state index in [-0.39, 0.29) is 24.0 Å². The van der Waals surface area contributed by atoms with Gasteiger partial charge in [-0.3, -0.25) is 15.0 Å². The van der Waals surface area contributed by atoms with Crippen LogP contribution in [0.4, 0.5) is 0 Å². The number of benzene rings is 2. The predicted octanol–water partition coefficient (Wildman–Crippen LogP) is 5.43. The summed E-state index contributed by atoms with van der Waals surface area (Å²) in [6.07, 6.45) is 1.83. The Kier molecular flexibility index (Phi) is 8.65. The minimum absolute atomic E-state index is 0.0284. The van der Waals surface area contributed by atoms with Crippen molar-refractivity contribution >= 4 is 11.8 Å². The van der Waals surface area contributed by atoms with E-state index in [2.05, 4.69) is 30.4 Å². The van der Waals surface area contributed by atoms with Gasteiger partial charge in [-0.25, -0.2) is 14.8 Å². The maximum atomic E-state index is 13.5. The first-order valence-corrected chi connectivity index (χ1v) is 13.2. The van der Waals surface area contributed by atoms with Crippen molar-refractivity contribution in [2.75, 3.05) is 6.61 Å². The van der Waals surface area contributed by atoms with Crippen molar-refractivity contribution in [1.29, 1.82) is 0 Å². The van der Waals surface area contributed by atoms with Crippen molar-refractivity contribution < 1.29 is 19.1 Å². The standard InChI is InChI=1S/C29H34N6O4/c1-5-28(4,39-27(37)26-31-24(33-35-26)21-16-12-9-13-17-21)18-19-38-29(6-2,7-3)22(36)25-30-23(32-34-25)20-14-10-8-11-15-20/h8-17H,5-7,18-19H2,1-4H3,(H,30,32,34)(H,31,33,35). The second-order valence-electron chi connectivity index (χ2n) is 9.57. The van der Waals surface area contributed by atoms with E-state index in [1.165, 1.54) is 0 Å². The van der Waals surface area contributed by atoms with E-state index in [9.17, 15) is 9.59 Å². The van der Waals surface area contributed by atoms with Crippen LogP contribution >= 0.6 is 0 Å². The van der Waals surface area contributed by atoms with Gasteiger partial charge in [0.15, 0.2) is 17.5 Å². The highest BCUT2D eigenvalue weighted by molar-refractivity contribution is 5.99. The summed E-state index contributed by atoms with van der Waals surface area (Å²) in [5.41, 5.74) is -0.306. The lowest BCUT2D eigenvalue weighted by Crippen LogP contribution is -2.43. The molecule has 1 unspecified atom stereocenters. The number of Topliss-reactive ketones (excluding diaryl/α,β-unsaturated/α-hetero) is 1. The Bertz CT molecular complexity index is 1380. The van der Waals surface area contributed by atoms with Crippen molar-refractivity contribution in [3.8, 4) is 22.8 Å². The Morgan fingerprint density at radius 2 is 1.28 bits per heavy atom. The lowest BCUT2D eigenvalue weighted by atomic mass is 9.90. The van der Waals surface area contributed by atoms with E-state index in [0.717, 1.165) is 11.1 Å². The Hall–Kier alpha value is -4.18. The predicted molar refractivity (Wildman–Crippen MR) is 146 cm³/mol. The molecule has 0 bridgehead atoms. The van der Waals surface area contributed by atoms with Crippen molar-refractivity contribution in [3.05, 3.63) is 72.3 Å². The number of ether oxygens (including phenoxy) is 2. The summed E-state index contributed by atoms with van der Waals surface area (Å²) in [5.74, 6) is 0.196. The molecule has 0 fully saturated rings. The number of aromatic amines is 2. The van der Waals surface area contributed by atoms with E-state index >= 15 is 0 Å². The molecular formula is C29H34N6O4. The van der Waals surface area contributed by atoms with Crippen LogP contribution in [-0.2, 0) is 9.47 Å². The number of nitrogens with one attached hydrogen (secondary N) is 2. The number of hydrogen-bond acceptors (Lipinski definition) is 8. The van der Waals surface area contributed by atoms with E-state index in [1.807, 2.05) is 88.4 Å². The minimum atomic E-state index is -1.08. The number of esters is 1. The van der Waals surface area contributed by atoms with Crippen molar-refractivity contribution in [1.82, 2.24) is 30.4 Å². The second-order valence-corrected chi connectivity index (χ2v) is 9.57. The molecule has 204 valence electrons. The molecule has 2 aromatic carbocycles. The fourth-order valence-electron chi connectivity index (χ4n) is 4.24. The molecule has 0 saturated heterocycles. The van der Waals surface area contributed by atoms with Crippen LogP contribution in [0.1, 0.15) is 74.6 Å². The molecule has 39 heavy (non-hydrogen) atoms. The Morgan fingerprint density at radius 1 is 0.769 bits per heavy atom. The monoisotopic (exact) mass is 530 g/mol. The topological polar surface area (TPSA) is 136 Å². The summed E-state index contributed by atoms with van der Waals surface area (Å²) in [4.78, 5) is 35.1. The number of ketones is 1. The second kappa shape index (κ2) is 12.1. The summed E-state index contributed by atoms with van der Waals surface area (Å²) in [6, 6.07) is 18.8. The van der Waals surface area contributed by atoms with Crippen LogP contribution in [-0.4, -0.2) is 59.9 Å². The third-order valence-electron chi connectivity index (χ3n) is 7.10. The number of aromatic nitrogens is 6. The van der Waals surface area contributed by atoms with Crippen LogP contribution in [0.25, 0.3) is 22.8 Å². The van der Waals surface area contributed by atoms with Gasteiger partial charge in [0.25, 0.3) is 0 Å². The maximum Gasteiger partial charge on any atom is 0.376 e. The van der Waals surface area contributed by atoms with E-state index < -0.39 is 17.2 Å². The Balaban J connectivity index is 1.40. The first-order chi connectivity index (χ1) is 18.8. The van der Waals surface area contributed by atoms with Gasteiger partial charge >= 0.3 is 5.97 Å². The first kappa shape index (κ1) is 27.8. The van der Waals surface area contributed by atoms with Crippen LogP contribution in [0.2, 0.25) is 0 Å². The van der Waals surface area contributed by atoms with Crippen LogP contribution in [0.3, 0.4) is 0 Å². The fraction of sp³-hybridized carbons (Fsp3) is 0.379. The van der Waals surface area contributed by atoms with Crippen LogP contribution in [0, 0.1) is 0 Å². The molecule has 10 nitrogen and oxygen atoms in total. The van der Waals surface area contributed by atoms with Gasteiger partial charge in [-0.05, 0) is 26.2 Å². The highest BCUT2D eigenvalue weighted by atomic mass is 16.6. The zero-order chi connectivity index (χ0) is 27.9. The van der Waals surface area contributed by atoms with Gasteiger partial charge in [0.05, 0.1) is 6.61 Å². The number of nitrogens with zero attached hydrogens (tertiary/aromatic N) is 4. The molecule has 0 spiro atoms. The average molecular weight is 531 g/mol. The summed E-state index contributed by atoms with van der Waals surface area (Å²) in [5, 5.41) is 13.8. The number of hydrogen-bond donors (Lipinski definition) is 2. The Morgan fingerprint density at radius 3 is 1.79 bits per heavy atom. The molecule has 0 aliphatic carbocycles. The lowest BCUT2D eigenvalue weighted by Gasteiger charge is -2.33. The van der Waals surface area contributed by atoms with Gasteiger partial charge in [0.1, 0.15) is 11.2 Å². The van der Waals surface area contributed by atoms with Gasteiger partial charge in [-0.1, -0.05) is 81.4 Å². The third kappa shape index (κ3) is 6.28. The number of H-pyrrole nitrogens is 2. The fourth-order valence-corrected chi connectivity index (χ4v) is 4.24. The molecule has 2 heterocycles. The van der Waals surface area contributed by atoms with Crippen LogP contribution < -0.4 is 0 Å². The van der Waals surface area contributed by atoms with Crippen molar-refractivity contribution in [2.24, 2.45) is 0 Å². The zero-order valence-electron chi connectivity index (χ0n) is 22.7. The Labute approximate surface area is 227 Å². The SMILES string of the molecule is CCC(C)(CCOC(CC)(CC)C(=O)c1nc(-c2ccccc2)n[nH]1)OC(=O)c1nc(-c2ccccc2)n[nH]1. The van der Waals surface area contributed by atoms with E-state index in [1.54, 1.807) is 0 Å². The maximum absolute atomic E-state index is 13.5. The van der Waals surface area contributed by atoms with Gasteiger partial charge < -0.3 is 9.47 Å². The molecule has 0 saturated carbocycles. The highest BCUT2D eigenvalue weighted by Gasteiger charge is 2.40. The van der Waals surface area contributed by atoms with E-state index in [0.29, 0.717) is 37.3 Å². The molecule has 4 rings (SSSR count). The van der Waals surface area contributed by atoms with Crippen molar-refractivity contribution in [3.63, 3.8) is 0 Å². The highest BCUT2D eigenvalue weighted by Crippen LogP contribution is 2.29. The quantitative estimate of drug-likeness (QED) is 0.172. The summed E-state index contributed by atoms with van der Waals surface area (Å²) >= 11 is 0. The normalized spacial score (nSPS) is 13.1. The summed E-state index contributed by atoms with van der Waals surface area (Å²) in [6.45, 7) is 7.79. The van der Waals surface area contributed by atoms with Gasteiger partial charge in [0.2, 0.25) is 11.6 Å². The average Bonchev–Trinajstić information content (AvgIpc) is 3.67. The summed E-state index contributed by atoms with van der Waals surface area (Å²) < 4.78 is 12.1. The largest absolute Gasteiger partial charge is 0.453 e. The molecule has 4 aromatic rings. The number of carbonyl (C=O) groups excluding carboxylic acids is 2. The smallest absolute Gasteiger partial charge is 0.376 e. The molecule has 2 aromatic heterocycles. The molecule has 2 N–H and O–H groups in total. The van der Waals surface area contributed by atoms with Gasteiger partial charge in [0, 0.05) is 17.5 Å².